The Morgan fingerprint density at radius 3 is 2.65 bits per heavy atom. The maximum absolute atomic E-state index is 12.6. The summed E-state index contributed by atoms with van der Waals surface area (Å²) in [4.78, 5) is 21.0. The largest absolute Gasteiger partial charge is 0.341 e. The fourth-order valence-corrected chi connectivity index (χ4v) is 3.31. The second-order valence-electron chi connectivity index (χ2n) is 7.05. The van der Waals surface area contributed by atoms with Gasteiger partial charge in [-0.05, 0) is 39.3 Å². The topological polar surface area (TPSA) is 41.4 Å². The first-order valence-electron chi connectivity index (χ1n) is 9.03. The first-order chi connectivity index (χ1) is 11.1. The molecule has 1 aliphatic rings. The highest BCUT2D eigenvalue weighted by atomic mass is 16.2. The number of hydrogen-bond donors (Lipinski definition) is 0. The van der Waals surface area contributed by atoms with Crippen molar-refractivity contribution in [2.45, 2.75) is 51.5 Å². The van der Waals surface area contributed by atoms with Crippen molar-refractivity contribution in [2.75, 3.05) is 33.7 Å². The van der Waals surface area contributed by atoms with E-state index in [0.717, 1.165) is 32.6 Å². The average Bonchev–Trinajstić information content (AvgIpc) is 3.05. The van der Waals surface area contributed by atoms with Gasteiger partial charge in [-0.1, -0.05) is 19.3 Å². The number of carbonyl (C=O) groups is 1. The lowest BCUT2D eigenvalue weighted by molar-refractivity contribution is -0.132. The lowest BCUT2D eigenvalue weighted by Gasteiger charge is -2.31. The van der Waals surface area contributed by atoms with E-state index in [-0.39, 0.29) is 0 Å². The van der Waals surface area contributed by atoms with Crippen molar-refractivity contribution in [3.8, 4) is 0 Å². The first kappa shape index (κ1) is 18.0. The van der Waals surface area contributed by atoms with Crippen molar-refractivity contribution in [3.63, 3.8) is 0 Å². The Hall–Kier alpha value is -1.36. The van der Waals surface area contributed by atoms with Crippen LogP contribution in [0.1, 0.15) is 44.9 Å². The zero-order valence-corrected chi connectivity index (χ0v) is 14.8. The summed E-state index contributed by atoms with van der Waals surface area (Å²) in [6.45, 7) is 3.63. The van der Waals surface area contributed by atoms with Crippen molar-refractivity contribution < 1.29 is 4.79 Å². The molecule has 5 nitrogen and oxygen atoms in total. The third-order valence-corrected chi connectivity index (χ3v) is 4.74. The van der Waals surface area contributed by atoms with E-state index in [9.17, 15) is 4.79 Å². The summed E-state index contributed by atoms with van der Waals surface area (Å²) in [5.74, 6) is 1.03. The van der Waals surface area contributed by atoms with Gasteiger partial charge in [0.25, 0.3) is 0 Å². The minimum atomic E-state index is 0.317. The van der Waals surface area contributed by atoms with E-state index in [1.165, 1.54) is 32.1 Å². The molecule has 1 fully saturated rings. The molecule has 2 rings (SSSR count). The molecule has 23 heavy (non-hydrogen) atoms. The zero-order valence-electron chi connectivity index (χ0n) is 14.8. The summed E-state index contributed by atoms with van der Waals surface area (Å²) in [5, 5.41) is 0. The summed E-state index contributed by atoms with van der Waals surface area (Å²) in [6.07, 6.45) is 13.7. The number of aromatic nitrogens is 2. The van der Waals surface area contributed by atoms with Crippen LogP contribution in [0.15, 0.2) is 18.7 Å². The van der Waals surface area contributed by atoms with E-state index in [4.69, 9.17) is 0 Å². The number of likely N-dealkylation sites (N-methyl/N-ethyl adjacent to an activating group) is 1. The van der Waals surface area contributed by atoms with Crippen LogP contribution in [0.25, 0.3) is 0 Å². The van der Waals surface area contributed by atoms with Gasteiger partial charge in [0.15, 0.2) is 0 Å². The van der Waals surface area contributed by atoms with E-state index in [2.05, 4.69) is 28.9 Å². The Labute approximate surface area is 140 Å². The smallest absolute Gasteiger partial charge is 0.222 e. The molecule has 0 saturated heterocycles. The predicted octanol–water partition coefficient (Wildman–Crippen LogP) is 2.63. The molecule has 0 aromatic carbocycles. The highest BCUT2D eigenvalue weighted by molar-refractivity contribution is 5.76. The van der Waals surface area contributed by atoms with Gasteiger partial charge in [-0.15, -0.1) is 0 Å². The lowest BCUT2D eigenvalue weighted by Crippen LogP contribution is -2.40. The van der Waals surface area contributed by atoms with Crippen LogP contribution in [0.5, 0.6) is 0 Å². The van der Waals surface area contributed by atoms with Crippen LogP contribution in [-0.2, 0) is 11.3 Å². The molecular formula is C18H32N4O. The van der Waals surface area contributed by atoms with Crippen LogP contribution in [0.3, 0.4) is 0 Å². The zero-order chi connectivity index (χ0) is 16.5. The number of hydrogen-bond acceptors (Lipinski definition) is 3. The summed E-state index contributed by atoms with van der Waals surface area (Å²) < 4.78 is 2.04. The third-order valence-electron chi connectivity index (χ3n) is 4.74. The molecule has 1 saturated carbocycles. The minimum Gasteiger partial charge on any atom is -0.341 e. The van der Waals surface area contributed by atoms with Gasteiger partial charge in [-0.2, -0.15) is 0 Å². The van der Waals surface area contributed by atoms with Gasteiger partial charge < -0.3 is 14.4 Å². The number of nitrogens with zero attached hydrogens (tertiary/aromatic N) is 4. The molecule has 0 bridgehead atoms. The van der Waals surface area contributed by atoms with Crippen LogP contribution in [-0.4, -0.2) is 59.0 Å². The van der Waals surface area contributed by atoms with Crippen LogP contribution in [0, 0.1) is 5.92 Å². The second kappa shape index (κ2) is 9.71. The van der Waals surface area contributed by atoms with Gasteiger partial charge in [0.2, 0.25) is 5.91 Å². The van der Waals surface area contributed by atoms with Gasteiger partial charge in [-0.3, -0.25) is 4.79 Å². The highest BCUT2D eigenvalue weighted by Gasteiger charge is 2.20. The van der Waals surface area contributed by atoms with E-state index in [0.29, 0.717) is 18.2 Å². The summed E-state index contributed by atoms with van der Waals surface area (Å²) in [6, 6.07) is 0. The number of rotatable bonds is 9. The van der Waals surface area contributed by atoms with Crippen LogP contribution >= 0.6 is 0 Å². The molecule has 130 valence electrons. The molecule has 1 aromatic heterocycles. The molecule has 1 heterocycles. The highest BCUT2D eigenvalue weighted by Crippen LogP contribution is 2.24. The fourth-order valence-electron chi connectivity index (χ4n) is 3.31. The Balaban J connectivity index is 1.79. The lowest BCUT2D eigenvalue weighted by atomic mass is 9.89. The van der Waals surface area contributed by atoms with E-state index < -0.39 is 0 Å². The van der Waals surface area contributed by atoms with Crippen molar-refractivity contribution in [1.82, 2.24) is 19.4 Å². The molecule has 0 aliphatic heterocycles. The normalized spacial score (nSPS) is 16.0. The summed E-state index contributed by atoms with van der Waals surface area (Å²) >= 11 is 0. The molecule has 1 aliphatic carbocycles. The van der Waals surface area contributed by atoms with Gasteiger partial charge in [0.05, 0.1) is 6.33 Å². The maximum Gasteiger partial charge on any atom is 0.222 e. The van der Waals surface area contributed by atoms with Crippen LogP contribution in [0.2, 0.25) is 0 Å². The number of aryl methyl sites for hydroxylation is 1. The Morgan fingerprint density at radius 1 is 1.22 bits per heavy atom. The number of imidazole rings is 1. The van der Waals surface area contributed by atoms with E-state index in [1.54, 1.807) is 6.20 Å². The molecule has 5 heteroatoms. The van der Waals surface area contributed by atoms with Crippen molar-refractivity contribution in [2.24, 2.45) is 5.92 Å². The monoisotopic (exact) mass is 320 g/mol. The Bertz CT molecular complexity index is 438. The molecule has 0 spiro atoms. The number of amides is 1. The molecule has 1 amide bonds. The molecule has 0 radical (unpaired) electrons. The van der Waals surface area contributed by atoms with E-state index in [1.807, 2.05) is 17.1 Å². The Kier molecular flexibility index (Phi) is 7.59. The SMILES string of the molecule is CN(C)CCN(CC1CCCCC1)C(=O)CCCn1ccnc1. The molecule has 0 unspecified atom stereocenters. The second-order valence-corrected chi connectivity index (χ2v) is 7.05. The average molecular weight is 320 g/mol. The minimum absolute atomic E-state index is 0.317. The quantitative estimate of drug-likeness (QED) is 0.702. The van der Waals surface area contributed by atoms with Crippen LogP contribution in [0.4, 0.5) is 0 Å². The summed E-state index contributed by atoms with van der Waals surface area (Å²) in [5.41, 5.74) is 0. The fraction of sp³-hybridized carbons (Fsp3) is 0.778. The number of carbonyl (C=O) groups excluding carboxylic acids is 1. The van der Waals surface area contributed by atoms with Crippen LogP contribution < -0.4 is 0 Å². The predicted molar refractivity (Wildman–Crippen MR) is 93.2 cm³/mol. The first-order valence-corrected chi connectivity index (χ1v) is 9.03. The van der Waals surface area contributed by atoms with Gasteiger partial charge >= 0.3 is 0 Å². The Morgan fingerprint density at radius 2 is 2.00 bits per heavy atom. The van der Waals surface area contributed by atoms with Crippen molar-refractivity contribution in [3.05, 3.63) is 18.7 Å². The standard InChI is InChI=1S/C18H32N4O/c1-20(2)13-14-22(15-17-7-4-3-5-8-17)18(23)9-6-11-21-12-10-19-16-21/h10,12,16-17H,3-9,11,13-15H2,1-2H3. The van der Waals surface area contributed by atoms with E-state index >= 15 is 0 Å². The molecule has 0 atom stereocenters. The van der Waals surface area contributed by atoms with Gasteiger partial charge in [-0.25, -0.2) is 4.98 Å². The molecule has 1 aromatic rings. The molecule has 0 N–H and O–H groups in total. The van der Waals surface area contributed by atoms with Crippen molar-refractivity contribution >= 4 is 5.91 Å². The third kappa shape index (κ3) is 6.73. The van der Waals surface area contributed by atoms with Gasteiger partial charge in [0.1, 0.15) is 0 Å². The maximum atomic E-state index is 12.6. The summed E-state index contributed by atoms with van der Waals surface area (Å²) in [7, 11) is 4.14. The molecular weight excluding hydrogens is 288 g/mol. The van der Waals surface area contributed by atoms with Crippen molar-refractivity contribution in [1.29, 1.82) is 0 Å². The van der Waals surface area contributed by atoms with Gasteiger partial charge in [0, 0.05) is 45.0 Å².